The Labute approximate surface area is 103 Å². The molecule has 0 saturated heterocycles. The van der Waals surface area contributed by atoms with Crippen LogP contribution in [0.25, 0.3) is 0 Å². The first-order valence-corrected chi connectivity index (χ1v) is 6.43. The summed E-state index contributed by atoms with van der Waals surface area (Å²) in [5, 5.41) is 8.56. The van der Waals surface area contributed by atoms with Crippen molar-refractivity contribution < 1.29 is 14.7 Å². The highest BCUT2D eigenvalue weighted by Gasteiger charge is 2.36. The summed E-state index contributed by atoms with van der Waals surface area (Å²) >= 11 is 0. The highest BCUT2D eigenvalue weighted by atomic mass is 16.4. The van der Waals surface area contributed by atoms with Crippen molar-refractivity contribution in [3.63, 3.8) is 0 Å². The van der Waals surface area contributed by atoms with Gasteiger partial charge in [0.05, 0.1) is 0 Å². The molecule has 4 heteroatoms. The van der Waals surface area contributed by atoms with Gasteiger partial charge in [0.25, 0.3) is 0 Å². The van der Waals surface area contributed by atoms with Crippen molar-refractivity contribution in [2.45, 2.75) is 51.9 Å². The van der Waals surface area contributed by atoms with Crippen LogP contribution in [0.15, 0.2) is 0 Å². The first kappa shape index (κ1) is 14.0. The highest BCUT2D eigenvalue weighted by Crippen LogP contribution is 2.37. The van der Waals surface area contributed by atoms with Gasteiger partial charge >= 0.3 is 5.97 Å². The Kier molecular flexibility index (Phi) is 4.97. The number of nitrogens with zero attached hydrogens (tertiary/aromatic N) is 1. The lowest BCUT2D eigenvalue weighted by Crippen LogP contribution is -2.41. The first-order valence-electron chi connectivity index (χ1n) is 6.43. The summed E-state index contributed by atoms with van der Waals surface area (Å²) in [5.41, 5.74) is -0.212. The first-order chi connectivity index (χ1) is 7.96. The lowest BCUT2D eigenvalue weighted by Gasteiger charge is -2.35. The van der Waals surface area contributed by atoms with Gasteiger partial charge < -0.3 is 10.0 Å². The maximum atomic E-state index is 12.3. The van der Waals surface area contributed by atoms with Crippen LogP contribution < -0.4 is 0 Å². The van der Waals surface area contributed by atoms with Crippen molar-refractivity contribution in [1.29, 1.82) is 0 Å². The largest absolute Gasteiger partial charge is 0.481 e. The standard InChI is InChI=1S/C13H23NO3/c1-13(8-4-3-5-9-13)12(17)14(2)10-6-7-11(15)16/h3-10H2,1-2H3,(H,15,16). The van der Waals surface area contributed by atoms with Gasteiger partial charge in [-0.05, 0) is 19.3 Å². The van der Waals surface area contributed by atoms with E-state index >= 15 is 0 Å². The van der Waals surface area contributed by atoms with Crippen LogP contribution in [0.4, 0.5) is 0 Å². The average molecular weight is 241 g/mol. The van der Waals surface area contributed by atoms with Gasteiger partial charge in [0.2, 0.25) is 5.91 Å². The third kappa shape index (κ3) is 4.02. The normalized spacial score (nSPS) is 18.7. The van der Waals surface area contributed by atoms with Gasteiger partial charge in [-0.25, -0.2) is 0 Å². The molecule has 98 valence electrons. The summed E-state index contributed by atoms with van der Waals surface area (Å²) < 4.78 is 0. The Morgan fingerprint density at radius 2 is 1.82 bits per heavy atom. The van der Waals surface area contributed by atoms with Crippen molar-refractivity contribution in [2.75, 3.05) is 13.6 Å². The van der Waals surface area contributed by atoms with Gasteiger partial charge in [-0.15, -0.1) is 0 Å². The third-order valence-corrected chi connectivity index (χ3v) is 3.70. The number of carboxylic acid groups (broad SMARTS) is 1. The molecule has 0 heterocycles. The van der Waals surface area contributed by atoms with Gasteiger partial charge in [0.15, 0.2) is 0 Å². The van der Waals surface area contributed by atoms with Crippen LogP contribution in [0, 0.1) is 5.41 Å². The van der Waals surface area contributed by atoms with Gasteiger partial charge in [-0.3, -0.25) is 9.59 Å². The summed E-state index contributed by atoms with van der Waals surface area (Å²) in [6, 6.07) is 0. The van der Waals surface area contributed by atoms with Crippen LogP contribution in [0.1, 0.15) is 51.9 Å². The topological polar surface area (TPSA) is 57.6 Å². The summed E-state index contributed by atoms with van der Waals surface area (Å²) in [4.78, 5) is 24.4. The van der Waals surface area contributed by atoms with Crippen LogP contribution >= 0.6 is 0 Å². The zero-order valence-electron chi connectivity index (χ0n) is 10.9. The van der Waals surface area contributed by atoms with Crippen molar-refractivity contribution in [1.82, 2.24) is 4.90 Å². The maximum absolute atomic E-state index is 12.3. The molecule has 1 N–H and O–H groups in total. The van der Waals surface area contributed by atoms with E-state index in [-0.39, 0.29) is 17.7 Å². The van der Waals surface area contributed by atoms with Gasteiger partial charge in [-0.2, -0.15) is 0 Å². The average Bonchev–Trinajstić information content (AvgIpc) is 2.28. The van der Waals surface area contributed by atoms with E-state index in [0.717, 1.165) is 25.7 Å². The monoisotopic (exact) mass is 241 g/mol. The van der Waals surface area contributed by atoms with E-state index in [4.69, 9.17) is 5.11 Å². The number of rotatable bonds is 5. The molecule has 0 aromatic heterocycles. The number of carboxylic acids is 1. The van der Waals surface area contributed by atoms with Crippen molar-refractivity contribution in [3.8, 4) is 0 Å². The van der Waals surface area contributed by atoms with Crippen LogP contribution in [-0.2, 0) is 9.59 Å². The molecule has 1 aliphatic rings. The smallest absolute Gasteiger partial charge is 0.303 e. The number of amides is 1. The quantitative estimate of drug-likeness (QED) is 0.803. The molecule has 1 aliphatic carbocycles. The lowest BCUT2D eigenvalue weighted by molar-refractivity contribution is -0.143. The van der Waals surface area contributed by atoms with Gasteiger partial charge in [0, 0.05) is 25.4 Å². The molecule has 0 atom stereocenters. The summed E-state index contributed by atoms with van der Waals surface area (Å²) in [6.07, 6.45) is 6.09. The van der Waals surface area contributed by atoms with E-state index in [1.807, 2.05) is 6.92 Å². The molecule has 0 aromatic rings. The minimum absolute atomic E-state index is 0.133. The minimum Gasteiger partial charge on any atom is -0.481 e. The molecule has 0 spiro atoms. The molecule has 0 aromatic carbocycles. The van der Waals surface area contributed by atoms with Crippen LogP contribution in [-0.4, -0.2) is 35.5 Å². The predicted octanol–water partition coefficient (Wildman–Crippen LogP) is 2.28. The van der Waals surface area contributed by atoms with Crippen molar-refractivity contribution >= 4 is 11.9 Å². The van der Waals surface area contributed by atoms with Crippen LogP contribution in [0.2, 0.25) is 0 Å². The van der Waals surface area contributed by atoms with E-state index < -0.39 is 5.97 Å². The van der Waals surface area contributed by atoms with E-state index in [1.165, 1.54) is 6.42 Å². The molecule has 1 amide bonds. The number of carbonyl (C=O) groups is 2. The van der Waals surface area contributed by atoms with E-state index in [0.29, 0.717) is 13.0 Å². The Morgan fingerprint density at radius 3 is 2.35 bits per heavy atom. The Hall–Kier alpha value is -1.06. The number of hydrogen-bond donors (Lipinski definition) is 1. The van der Waals surface area contributed by atoms with Crippen molar-refractivity contribution in [3.05, 3.63) is 0 Å². The number of carbonyl (C=O) groups excluding carboxylic acids is 1. The molecular weight excluding hydrogens is 218 g/mol. The molecule has 1 fully saturated rings. The SMILES string of the molecule is CN(CCCC(=O)O)C(=O)C1(C)CCCCC1. The summed E-state index contributed by atoms with van der Waals surface area (Å²) in [7, 11) is 1.78. The second-order valence-corrected chi connectivity index (χ2v) is 5.35. The Morgan fingerprint density at radius 1 is 1.24 bits per heavy atom. The summed E-state index contributed by atoms with van der Waals surface area (Å²) in [6.45, 7) is 2.59. The molecule has 1 rings (SSSR count). The molecule has 4 nitrogen and oxygen atoms in total. The number of hydrogen-bond acceptors (Lipinski definition) is 2. The molecule has 0 aliphatic heterocycles. The Bertz CT molecular complexity index is 282. The lowest BCUT2D eigenvalue weighted by atomic mass is 9.74. The van der Waals surface area contributed by atoms with Gasteiger partial charge in [-0.1, -0.05) is 26.2 Å². The Balaban J connectivity index is 2.42. The fourth-order valence-electron chi connectivity index (χ4n) is 2.58. The molecule has 17 heavy (non-hydrogen) atoms. The molecule has 0 unspecified atom stereocenters. The molecule has 0 bridgehead atoms. The summed E-state index contributed by atoms with van der Waals surface area (Å²) in [5.74, 6) is -0.614. The fourth-order valence-corrected chi connectivity index (χ4v) is 2.58. The van der Waals surface area contributed by atoms with E-state index in [2.05, 4.69) is 0 Å². The number of aliphatic carboxylic acids is 1. The van der Waals surface area contributed by atoms with Crippen LogP contribution in [0.3, 0.4) is 0 Å². The maximum Gasteiger partial charge on any atom is 0.303 e. The molecular formula is C13H23NO3. The van der Waals surface area contributed by atoms with E-state index in [9.17, 15) is 9.59 Å². The van der Waals surface area contributed by atoms with Gasteiger partial charge in [0.1, 0.15) is 0 Å². The molecule has 0 radical (unpaired) electrons. The second kappa shape index (κ2) is 6.03. The van der Waals surface area contributed by atoms with Crippen molar-refractivity contribution in [2.24, 2.45) is 5.41 Å². The fraction of sp³-hybridized carbons (Fsp3) is 0.846. The highest BCUT2D eigenvalue weighted by molar-refractivity contribution is 5.82. The predicted molar refractivity (Wildman–Crippen MR) is 65.7 cm³/mol. The zero-order valence-corrected chi connectivity index (χ0v) is 10.9. The second-order valence-electron chi connectivity index (χ2n) is 5.35. The minimum atomic E-state index is -0.797. The van der Waals surface area contributed by atoms with E-state index in [1.54, 1.807) is 11.9 Å². The van der Waals surface area contributed by atoms with Crippen LogP contribution in [0.5, 0.6) is 0 Å². The third-order valence-electron chi connectivity index (χ3n) is 3.70. The molecule has 1 saturated carbocycles. The zero-order chi connectivity index (χ0) is 12.9.